The second kappa shape index (κ2) is 5.53. The molecule has 1 fully saturated rings. The van der Waals surface area contributed by atoms with Crippen LogP contribution in [0.15, 0.2) is 24.3 Å². The van der Waals surface area contributed by atoms with Crippen LogP contribution >= 0.6 is 0 Å². The number of nitrogens with zero attached hydrogens (tertiary/aromatic N) is 1. The van der Waals surface area contributed by atoms with E-state index in [0.29, 0.717) is 18.0 Å². The normalized spacial score (nSPS) is 20.2. The number of aliphatic hydroxyl groups is 1. The number of rotatable bonds is 2. The molecular formula is C15H21NO2. The van der Waals surface area contributed by atoms with E-state index in [0.717, 1.165) is 19.4 Å². The summed E-state index contributed by atoms with van der Waals surface area (Å²) in [5.41, 5.74) is 1.96. The molecule has 0 aliphatic carbocycles. The van der Waals surface area contributed by atoms with Gasteiger partial charge < -0.3 is 10.0 Å². The molecule has 0 saturated carbocycles. The summed E-state index contributed by atoms with van der Waals surface area (Å²) in [6, 6.07) is 7.80. The second-order valence-corrected chi connectivity index (χ2v) is 5.32. The minimum absolute atomic E-state index is 0.0315. The molecule has 2 rings (SSSR count). The summed E-state index contributed by atoms with van der Waals surface area (Å²) >= 11 is 0. The monoisotopic (exact) mass is 247 g/mol. The molecule has 1 aliphatic heterocycles. The number of carbonyl (C=O) groups is 1. The van der Waals surface area contributed by atoms with E-state index in [-0.39, 0.29) is 12.0 Å². The van der Waals surface area contributed by atoms with E-state index < -0.39 is 0 Å². The number of hydrogen-bond acceptors (Lipinski definition) is 2. The van der Waals surface area contributed by atoms with Crippen molar-refractivity contribution >= 4 is 5.91 Å². The molecule has 1 unspecified atom stereocenters. The molecule has 1 aromatic rings. The predicted octanol–water partition coefficient (Wildman–Crippen LogP) is 2.41. The predicted molar refractivity (Wildman–Crippen MR) is 71.7 cm³/mol. The first kappa shape index (κ1) is 13.1. The third kappa shape index (κ3) is 2.91. The lowest BCUT2D eigenvalue weighted by molar-refractivity contribution is 0.0474. The van der Waals surface area contributed by atoms with Crippen molar-refractivity contribution in [3.8, 4) is 0 Å². The standard InChI is InChI=1S/C15H21NO2/c1-11(2)12-5-7-13(8-6-12)15(18)16-9-3-4-14(17)10-16/h5-8,11,14,17H,3-4,9-10H2,1-2H3. The van der Waals surface area contributed by atoms with Crippen molar-refractivity contribution in [2.75, 3.05) is 13.1 Å². The summed E-state index contributed by atoms with van der Waals surface area (Å²) in [6.07, 6.45) is 1.32. The molecule has 1 amide bonds. The molecule has 0 radical (unpaired) electrons. The van der Waals surface area contributed by atoms with Gasteiger partial charge in [-0.05, 0) is 36.5 Å². The van der Waals surface area contributed by atoms with Gasteiger partial charge in [-0.2, -0.15) is 0 Å². The summed E-state index contributed by atoms with van der Waals surface area (Å²) in [4.78, 5) is 14.0. The SMILES string of the molecule is CC(C)c1ccc(C(=O)N2CCCC(O)C2)cc1. The van der Waals surface area contributed by atoms with E-state index in [2.05, 4.69) is 13.8 Å². The fourth-order valence-corrected chi connectivity index (χ4v) is 2.33. The molecule has 1 atom stereocenters. The van der Waals surface area contributed by atoms with Crippen LogP contribution in [0.5, 0.6) is 0 Å². The van der Waals surface area contributed by atoms with Gasteiger partial charge in [0.05, 0.1) is 6.10 Å². The summed E-state index contributed by atoms with van der Waals surface area (Å²) in [5.74, 6) is 0.509. The summed E-state index contributed by atoms with van der Waals surface area (Å²) in [7, 11) is 0. The lowest BCUT2D eigenvalue weighted by Gasteiger charge is -2.30. The second-order valence-electron chi connectivity index (χ2n) is 5.32. The minimum atomic E-state index is -0.363. The fraction of sp³-hybridized carbons (Fsp3) is 0.533. The summed E-state index contributed by atoms with van der Waals surface area (Å²) < 4.78 is 0. The third-order valence-electron chi connectivity index (χ3n) is 3.51. The molecule has 1 saturated heterocycles. The highest BCUT2D eigenvalue weighted by atomic mass is 16.3. The molecule has 0 aromatic heterocycles. The molecular weight excluding hydrogens is 226 g/mol. The first-order valence-electron chi connectivity index (χ1n) is 6.65. The van der Waals surface area contributed by atoms with Crippen molar-refractivity contribution < 1.29 is 9.90 Å². The van der Waals surface area contributed by atoms with Crippen molar-refractivity contribution in [2.24, 2.45) is 0 Å². The van der Waals surface area contributed by atoms with Crippen LogP contribution in [0, 0.1) is 0 Å². The lowest BCUT2D eigenvalue weighted by atomic mass is 10.0. The van der Waals surface area contributed by atoms with Crippen LogP contribution in [-0.2, 0) is 0 Å². The fourth-order valence-electron chi connectivity index (χ4n) is 2.33. The molecule has 1 aromatic carbocycles. The van der Waals surface area contributed by atoms with E-state index >= 15 is 0 Å². The highest BCUT2D eigenvalue weighted by Gasteiger charge is 2.22. The number of benzene rings is 1. The molecule has 18 heavy (non-hydrogen) atoms. The van der Waals surface area contributed by atoms with Crippen LogP contribution in [0.1, 0.15) is 48.5 Å². The number of carbonyl (C=O) groups excluding carboxylic acids is 1. The highest BCUT2D eigenvalue weighted by molar-refractivity contribution is 5.94. The maximum atomic E-state index is 12.2. The Morgan fingerprint density at radius 2 is 2.00 bits per heavy atom. The number of likely N-dealkylation sites (tertiary alicyclic amines) is 1. The molecule has 1 heterocycles. The Morgan fingerprint density at radius 3 is 2.56 bits per heavy atom. The molecule has 0 spiro atoms. The highest BCUT2D eigenvalue weighted by Crippen LogP contribution is 2.17. The van der Waals surface area contributed by atoms with Crippen LogP contribution in [0.2, 0.25) is 0 Å². The van der Waals surface area contributed by atoms with Crippen molar-refractivity contribution in [1.82, 2.24) is 4.90 Å². The molecule has 3 nitrogen and oxygen atoms in total. The van der Waals surface area contributed by atoms with Gasteiger partial charge in [-0.25, -0.2) is 0 Å². The van der Waals surface area contributed by atoms with E-state index in [1.165, 1.54) is 5.56 Å². The Bertz CT molecular complexity index is 411. The van der Waals surface area contributed by atoms with Gasteiger partial charge in [-0.3, -0.25) is 4.79 Å². The maximum Gasteiger partial charge on any atom is 0.253 e. The van der Waals surface area contributed by atoms with Gasteiger partial charge in [0.2, 0.25) is 0 Å². The number of β-amino-alcohol motifs (C(OH)–C–C–N with tert-alkyl or cyclic N) is 1. The topological polar surface area (TPSA) is 40.5 Å². The van der Waals surface area contributed by atoms with Crippen molar-refractivity contribution in [2.45, 2.75) is 38.7 Å². The minimum Gasteiger partial charge on any atom is -0.391 e. The number of aliphatic hydroxyl groups excluding tert-OH is 1. The van der Waals surface area contributed by atoms with Gasteiger partial charge >= 0.3 is 0 Å². The zero-order valence-corrected chi connectivity index (χ0v) is 11.1. The molecule has 1 N–H and O–H groups in total. The van der Waals surface area contributed by atoms with E-state index in [4.69, 9.17) is 0 Å². The van der Waals surface area contributed by atoms with Gasteiger partial charge in [0.15, 0.2) is 0 Å². The van der Waals surface area contributed by atoms with Crippen LogP contribution in [0.4, 0.5) is 0 Å². The first-order valence-corrected chi connectivity index (χ1v) is 6.65. The average Bonchev–Trinajstić information content (AvgIpc) is 2.38. The number of hydrogen-bond donors (Lipinski definition) is 1. The first-order chi connectivity index (χ1) is 8.58. The molecule has 1 aliphatic rings. The zero-order chi connectivity index (χ0) is 13.1. The molecule has 0 bridgehead atoms. The van der Waals surface area contributed by atoms with Gasteiger partial charge in [0.25, 0.3) is 5.91 Å². The smallest absolute Gasteiger partial charge is 0.253 e. The largest absolute Gasteiger partial charge is 0.391 e. The Morgan fingerprint density at radius 1 is 1.33 bits per heavy atom. The zero-order valence-electron chi connectivity index (χ0n) is 11.1. The van der Waals surface area contributed by atoms with E-state index in [1.807, 2.05) is 24.3 Å². The van der Waals surface area contributed by atoms with Crippen molar-refractivity contribution in [3.05, 3.63) is 35.4 Å². The van der Waals surface area contributed by atoms with Crippen LogP contribution < -0.4 is 0 Å². The summed E-state index contributed by atoms with van der Waals surface area (Å²) in [6.45, 7) is 5.49. The Kier molecular flexibility index (Phi) is 4.02. The van der Waals surface area contributed by atoms with Crippen LogP contribution in [0.3, 0.4) is 0 Å². The van der Waals surface area contributed by atoms with E-state index in [9.17, 15) is 9.90 Å². The average molecular weight is 247 g/mol. The van der Waals surface area contributed by atoms with Gasteiger partial charge in [-0.1, -0.05) is 26.0 Å². The van der Waals surface area contributed by atoms with E-state index in [1.54, 1.807) is 4.90 Å². The van der Waals surface area contributed by atoms with Crippen molar-refractivity contribution in [1.29, 1.82) is 0 Å². The Labute approximate surface area is 108 Å². The Hall–Kier alpha value is -1.35. The molecule has 3 heteroatoms. The van der Waals surface area contributed by atoms with Crippen molar-refractivity contribution in [3.63, 3.8) is 0 Å². The molecule has 98 valence electrons. The van der Waals surface area contributed by atoms with Gasteiger partial charge in [-0.15, -0.1) is 0 Å². The quantitative estimate of drug-likeness (QED) is 0.872. The van der Waals surface area contributed by atoms with Gasteiger partial charge in [0.1, 0.15) is 0 Å². The summed E-state index contributed by atoms with van der Waals surface area (Å²) in [5, 5.41) is 9.60. The van der Waals surface area contributed by atoms with Crippen LogP contribution in [-0.4, -0.2) is 35.1 Å². The van der Waals surface area contributed by atoms with Crippen LogP contribution in [0.25, 0.3) is 0 Å². The maximum absolute atomic E-state index is 12.2. The number of piperidine rings is 1. The van der Waals surface area contributed by atoms with Gasteiger partial charge in [0, 0.05) is 18.7 Å². The third-order valence-corrected chi connectivity index (χ3v) is 3.51. The lowest BCUT2D eigenvalue weighted by Crippen LogP contribution is -2.42. The number of amides is 1. The Balaban J connectivity index is 2.08.